The molecule has 1 heterocycles. The van der Waals surface area contributed by atoms with E-state index < -0.39 is 17.9 Å². The molecule has 2 rings (SSSR count). The zero-order valence-electron chi connectivity index (χ0n) is 18.5. The Hall–Kier alpha value is -2.94. The van der Waals surface area contributed by atoms with Crippen LogP contribution in [0.15, 0.2) is 24.3 Å². The van der Waals surface area contributed by atoms with Crippen LogP contribution in [-0.2, 0) is 4.79 Å². The average molecular weight is 446 g/mol. The Bertz CT molecular complexity index is 924. The number of nitrogen functional groups attached to an aromatic ring is 1. The first kappa shape index (κ1) is 24.3. The van der Waals surface area contributed by atoms with Gasteiger partial charge in [0.05, 0.1) is 5.69 Å². The number of aryl methyl sites for hydroxylation is 1. The molecule has 2 aromatic rings. The maximum Gasteiger partial charge on any atom is 0.272 e. The molecule has 0 saturated carbocycles. The highest BCUT2D eigenvalue weighted by Crippen LogP contribution is 2.29. The number of nitrogens with two attached hydrogens (primary N) is 2. The summed E-state index contributed by atoms with van der Waals surface area (Å²) in [5, 5.41) is 2.95. The van der Waals surface area contributed by atoms with Crippen molar-refractivity contribution in [1.29, 1.82) is 0 Å². The van der Waals surface area contributed by atoms with Crippen molar-refractivity contribution < 1.29 is 14.4 Å². The first-order valence-electron chi connectivity index (χ1n) is 10.4. The Morgan fingerprint density at radius 2 is 1.81 bits per heavy atom. The molecule has 1 atom stereocenters. The van der Waals surface area contributed by atoms with E-state index in [0.717, 1.165) is 23.5 Å². The molecule has 0 aliphatic carbocycles. The fourth-order valence-electron chi connectivity index (χ4n) is 3.14. The van der Waals surface area contributed by atoms with Crippen LogP contribution in [0.5, 0.6) is 0 Å². The van der Waals surface area contributed by atoms with E-state index >= 15 is 0 Å². The molecule has 0 saturated heterocycles. The summed E-state index contributed by atoms with van der Waals surface area (Å²) in [5.74, 6) is -1.06. The summed E-state index contributed by atoms with van der Waals surface area (Å²) in [5.41, 5.74) is 12.7. The van der Waals surface area contributed by atoms with Gasteiger partial charge in [-0.3, -0.25) is 19.3 Å². The third-order valence-electron chi connectivity index (χ3n) is 4.88. The van der Waals surface area contributed by atoms with Crippen LogP contribution in [-0.4, -0.2) is 34.7 Å². The van der Waals surface area contributed by atoms with Crippen molar-refractivity contribution in [2.45, 2.75) is 53.0 Å². The van der Waals surface area contributed by atoms with Crippen LogP contribution < -0.4 is 21.7 Å². The van der Waals surface area contributed by atoms with E-state index in [1.807, 2.05) is 26.0 Å². The summed E-state index contributed by atoms with van der Waals surface area (Å²) >= 11 is 0.809. The number of carbonyl (C=O) groups excluding carboxylic acids is 3. The van der Waals surface area contributed by atoms with Crippen LogP contribution in [0.25, 0.3) is 0 Å². The SMILES string of the molecule is CCC[C@H](C(=O)NCCC(C)C)N(C(=O)c1snc(C(N)=O)c1N)c1ccc(C)cc1. The summed E-state index contributed by atoms with van der Waals surface area (Å²) in [6.45, 7) is 8.60. The van der Waals surface area contributed by atoms with Gasteiger partial charge < -0.3 is 16.8 Å². The number of hydrogen-bond acceptors (Lipinski definition) is 6. The molecule has 5 N–H and O–H groups in total. The number of nitrogens with zero attached hydrogens (tertiary/aromatic N) is 2. The summed E-state index contributed by atoms with van der Waals surface area (Å²) in [4.78, 5) is 39.8. The fourth-order valence-corrected chi connectivity index (χ4v) is 3.88. The molecular formula is C22H31N5O3S. The predicted molar refractivity (Wildman–Crippen MR) is 124 cm³/mol. The Balaban J connectivity index is 2.47. The topological polar surface area (TPSA) is 131 Å². The highest BCUT2D eigenvalue weighted by Gasteiger charge is 2.34. The smallest absolute Gasteiger partial charge is 0.272 e. The standard InChI is InChI=1S/C22H31N5O3S/c1-5-6-16(21(29)25-12-11-13(2)3)27(15-9-7-14(4)8-10-15)22(30)19-17(23)18(20(24)28)26-31-19/h7-10,13,16H,5-6,11-12,23H2,1-4H3,(H2,24,28)(H,25,29)/t16-/m1/s1. The number of amides is 3. The minimum absolute atomic E-state index is 0.0601. The lowest BCUT2D eigenvalue weighted by Crippen LogP contribution is -2.50. The minimum atomic E-state index is -0.800. The average Bonchev–Trinajstić information content (AvgIpc) is 3.10. The maximum atomic E-state index is 13.6. The van der Waals surface area contributed by atoms with Crippen molar-refractivity contribution in [2.24, 2.45) is 11.7 Å². The number of aromatic nitrogens is 1. The summed E-state index contributed by atoms with van der Waals surface area (Å²) in [6, 6.07) is 6.61. The van der Waals surface area contributed by atoms with Gasteiger partial charge in [0.25, 0.3) is 11.8 Å². The molecular weight excluding hydrogens is 414 g/mol. The van der Waals surface area contributed by atoms with Gasteiger partial charge in [-0.05, 0) is 49.3 Å². The van der Waals surface area contributed by atoms with Crippen LogP contribution in [0.3, 0.4) is 0 Å². The van der Waals surface area contributed by atoms with Crippen molar-refractivity contribution in [3.63, 3.8) is 0 Å². The lowest BCUT2D eigenvalue weighted by molar-refractivity contribution is -0.122. The van der Waals surface area contributed by atoms with Gasteiger partial charge in [0.1, 0.15) is 10.9 Å². The molecule has 9 heteroatoms. The number of primary amides is 1. The van der Waals surface area contributed by atoms with Gasteiger partial charge in [0.2, 0.25) is 5.91 Å². The largest absolute Gasteiger partial charge is 0.395 e. The first-order chi connectivity index (χ1) is 14.7. The van der Waals surface area contributed by atoms with Gasteiger partial charge in [0, 0.05) is 12.2 Å². The monoisotopic (exact) mass is 445 g/mol. The molecule has 0 radical (unpaired) electrons. The molecule has 3 amide bonds. The van der Waals surface area contributed by atoms with Crippen molar-refractivity contribution in [2.75, 3.05) is 17.2 Å². The van der Waals surface area contributed by atoms with Gasteiger partial charge >= 0.3 is 0 Å². The van der Waals surface area contributed by atoms with E-state index in [1.165, 1.54) is 4.90 Å². The van der Waals surface area contributed by atoms with Crippen molar-refractivity contribution in [1.82, 2.24) is 9.69 Å². The van der Waals surface area contributed by atoms with E-state index in [9.17, 15) is 14.4 Å². The predicted octanol–water partition coefficient (Wildman–Crippen LogP) is 3.11. The van der Waals surface area contributed by atoms with Crippen molar-refractivity contribution in [3.05, 3.63) is 40.4 Å². The Morgan fingerprint density at radius 3 is 2.32 bits per heavy atom. The van der Waals surface area contributed by atoms with E-state index in [1.54, 1.807) is 12.1 Å². The normalized spacial score (nSPS) is 11.9. The number of hydrogen-bond donors (Lipinski definition) is 3. The second-order valence-corrected chi connectivity index (χ2v) is 8.70. The molecule has 1 aromatic carbocycles. The van der Waals surface area contributed by atoms with E-state index in [0.29, 0.717) is 31.0 Å². The van der Waals surface area contributed by atoms with Crippen LogP contribution in [0, 0.1) is 12.8 Å². The second kappa shape index (κ2) is 10.9. The first-order valence-corrected chi connectivity index (χ1v) is 11.2. The van der Waals surface area contributed by atoms with Crippen LogP contribution in [0.1, 0.15) is 65.8 Å². The lowest BCUT2D eigenvalue weighted by Gasteiger charge is -2.31. The van der Waals surface area contributed by atoms with E-state index in [-0.39, 0.29) is 22.2 Å². The van der Waals surface area contributed by atoms with Crippen LogP contribution in [0.4, 0.5) is 11.4 Å². The van der Waals surface area contributed by atoms with Gasteiger partial charge in [-0.1, -0.05) is 44.9 Å². The molecule has 1 aromatic heterocycles. The highest BCUT2D eigenvalue weighted by molar-refractivity contribution is 7.09. The summed E-state index contributed by atoms with van der Waals surface area (Å²) in [7, 11) is 0. The molecule has 0 unspecified atom stereocenters. The number of rotatable bonds is 10. The zero-order valence-corrected chi connectivity index (χ0v) is 19.3. The van der Waals surface area contributed by atoms with E-state index in [4.69, 9.17) is 11.5 Å². The molecule has 0 fully saturated rings. The molecule has 31 heavy (non-hydrogen) atoms. The number of carbonyl (C=O) groups is 3. The number of benzene rings is 1. The number of anilines is 2. The third kappa shape index (κ3) is 6.04. The Kier molecular flexibility index (Phi) is 8.56. The van der Waals surface area contributed by atoms with Crippen molar-refractivity contribution >= 4 is 40.6 Å². The van der Waals surface area contributed by atoms with Crippen LogP contribution >= 0.6 is 11.5 Å². The Labute approximate surface area is 187 Å². The van der Waals surface area contributed by atoms with Crippen LogP contribution in [0.2, 0.25) is 0 Å². The summed E-state index contributed by atoms with van der Waals surface area (Å²) in [6.07, 6.45) is 2.00. The molecule has 0 aliphatic heterocycles. The second-order valence-electron chi connectivity index (χ2n) is 7.93. The van der Waals surface area contributed by atoms with Gasteiger partial charge in [-0.2, -0.15) is 4.37 Å². The van der Waals surface area contributed by atoms with Crippen molar-refractivity contribution in [3.8, 4) is 0 Å². The highest BCUT2D eigenvalue weighted by atomic mass is 32.1. The molecule has 0 bridgehead atoms. The molecule has 168 valence electrons. The fraction of sp³-hybridized carbons (Fsp3) is 0.455. The molecule has 0 aliphatic rings. The third-order valence-corrected chi connectivity index (χ3v) is 5.73. The van der Waals surface area contributed by atoms with Gasteiger partial charge in [-0.15, -0.1) is 0 Å². The number of nitrogens with one attached hydrogen (secondary N) is 1. The van der Waals surface area contributed by atoms with E-state index in [2.05, 4.69) is 23.5 Å². The summed E-state index contributed by atoms with van der Waals surface area (Å²) < 4.78 is 3.94. The van der Waals surface area contributed by atoms with Gasteiger partial charge in [0.15, 0.2) is 5.69 Å². The molecule has 0 spiro atoms. The quantitative estimate of drug-likeness (QED) is 0.517. The molecule has 8 nitrogen and oxygen atoms in total. The van der Waals surface area contributed by atoms with Gasteiger partial charge in [-0.25, -0.2) is 0 Å². The minimum Gasteiger partial charge on any atom is -0.395 e. The zero-order chi connectivity index (χ0) is 23.1. The maximum absolute atomic E-state index is 13.6. The lowest BCUT2D eigenvalue weighted by atomic mass is 10.1. The Morgan fingerprint density at radius 1 is 1.16 bits per heavy atom.